The zero-order valence-electron chi connectivity index (χ0n) is 16.4. The van der Waals surface area contributed by atoms with Crippen LogP contribution in [0.4, 0.5) is 11.6 Å². The van der Waals surface area contributed by atoms with Crippen molar-refractivity contribution in [2.24, 2.45) is 5.92 Å². The van der Waals surface area contributed by atoms with Crippen molar-refractivity contribution in [3.05, 3.63) is 36.0 Å². The van der Waals surface area contributed by atoms with Crippen LogP contribution in [0.2, 0.25) is 5.02 Å². The summed E-state index contributed by atoms with van der Waals surface area (Å²) in [4.78, 5) is 8.79. The molecule has 0 bridgehead atoms. The first kappa shape index (κ1) is 20.3. The highest BCUT2D eigenvalue weighted by Crippen LogP contribution is 2.37. The number of halogens is 1. The predicted octanol–water partition coefficient (Wildman–Crippen LogP) is 3.57. The molecule has 0 unspecified atom stereocenters. The number of aliphatic hydroxyl groups excluding tert-OH is 1. The molecule has 0 amide bonds. The SMILES string of the molecule is N#CC[C@H](C1CCCC1)n1cc(-c2nc(Nc3cnn(CCO)c3)ncc2Cl)cn1. The van der Waals surface area contributed by atoms with E-state index in [9.17, 15) is 5.26 Å². The van der Waals surface area contributed by atoms with E-state index in [2.05, 4.69) is 31.6 Å². The largest absolute Gasteiger partial charge is 0.394 e. The summed E-state index contributed by atoms with van der Waals surface area (Å²) in [5.41, 5.74) is 2.07. The van der Waals surface area contributed by atoms with Gasteiger partial charge in [-0.05, 0) is 18.8 Å². The Bertz CT molecular complexity index is 1030. The van der Waals surface area contributed by atoms with E-state index >= 15 is 0 Å². The molecule has 3 heterocycles. The molecule has 1 saturated carbocycles. The van der Waals surface area contributed by atoms with Gasteiger partial charge in [-0.15, -0.1) is 0 Å². The number of nitrogens with zero attached hydrogens (tertiary/aromatic N) is 7. The van der Waals surface area contributed by atoms with Gasteiger partial charge in [0.1, 0.15) is 0 Å². The molecule has 1 aliphatic carbocycles. The Kier molecular flexibility index (Phi) is 6.26. The van der Waals surface area contributed by atoms with Crippen molar-refractivity contribution in [2.45, 2.75) is 44.7 Å². The molecule has 156 valence electrons. The molecule has 0 radical (unpaired) electrons. The minimum atomic E-state index is 0.0142. The molecular formula is C20H23ClN8O. The third-order valence-electron chi connectivity index (χ3n) is 5.42. The third kappa shape index (κ3) is 4.45. The van der Waals surface area contributed by atoms with Gasteiger partial charge in [0.25, 0.3) is 0 Å². The standard InChI is InChI=1S/C20H23ClN8O/c21-17-11-23-20(26-16-10-24-28(13-16)7-8-30)27-19(17)15-9-25-29(12-15)18(5-6-22)14-3-1-2-4-14/h9-14,18,30H,1-5,7-8H2,(H,23,26,27)/t18-/m1/s1. The topological polar surface area (TPSA) is 117 Å². The Morgan fingerprint density at radius 3 is 2.83 bits per heavy atom. The van der Waals surface area contributed by atoms with Gasteiger partial charge in [-0.1, -0.05) is 24.4 Å². The lowest BCUT2D eigenvalue weighted by Crippen LogP contribution is -2.17. The van der Waals surface area contributed by atoms with Gasteiger partial charge < -0.3 is 10.4 Å². The van der Waals surface area contributed by atoms with Gasteiger partial charge in [0.05, 0.1) is 66.7 Å². The van der Waals surface area contributed by atoms with Crippen LogP contribution in [0.25, 0.3) is 11.3 Å². The summed E-state index contributed by atoms with van der Waals surface area (Å²) in [5, 5.41) is 30.5. The molecule has 2 N–H and O–H groups in total. The van der Waals surface area contributed by atoms with Gasteiger partial charge in [-0.2, -0.15) is 15.5 Å². The molecule has 0 spiro atoms. The van der Waals surface area contributed by atoms with Crippen LogP contribution in [0.5, 0.6) is 0 Å². The van der Waals surface area contributed by atoms with Crippen LogP contribution in [0.15, 0.2) is 31.0 Å². The summed E-state index contributed by atoms with van der Waals surface area (Å²) < 4.78 is 3.51. The van der Waals surface area contributed by atoms with Crippen molar-refractivity contribution in [1.29, 1.82) is 5.26 Å². The van der Waals surface area contributed by atoms with Gasteiger partial charge in [-0.3, -0.25) is 9.36 Å². The van der Waals surface area contributed by atoms with Crippen molar-refractivity contribution in [2.75, 3.05) is 11.9 Å². The highest BCUT2D eigenvalue weighted by atomic mass is 35.5. The van der Waals surface area contributed by atoms with E-state index in [1.54, 1.807) is 29.5 Å². The van der Waals surface area contributed by atoms with Gasteiger partial charge in [-0.25, -0.2) is 9.97 Å². The van der Waals surface area contributed by atoms with Crippen LogP contribution in [-0.2, 0) is 6.54 Å². The summed E-state index contributed by atoms with van der Waals surface area (Å²) in [6.07, 6.45) is 13.7. The maximum Gasteiger partial charge on any atom is 0.227 e. The fourth-order valence-corrected chi connectivity index (χ4v) is 4.17. The van der Waals surface area contributed by atoms with Gasteiger partial charge in [0, 0.05) is 18.0 Å². The lowest BCUT2D eigenvalue weighted by molar-refractivity contribution is 0.269. The van der Waals surface area contributed by atoms with E-state index < -0.39 is 0 Å². The number of nitriles is 1. The molecule has 1 fully saturated rings. The van der Waals surface area contributed by atoms with E-state index in [4.69, 9.17) is 16.7 Å². The highest BCUT2D eigenvalue weighted by molar-refractivity contribution is 6.32. The number of hydrogen-bond acceptors (Lipinski definition) is 7. The maximum absolute atomic E-state index is 9.28. The first-order chi connectivity index (χ1) is 14.7. The van der Waals surface area contributed by atoms with Crippen molar-refractivity contribution >= 4 is 23.2 Å². The van der Waals surface area contributed by atoms with Crippen molar-refractivity contribution in [3.8, 4) is 17.3 Å². The quantitative estimate of drug-likeness (QED) is 0.565. The summed E-state index contributed by atoms with van der Waals surface area (Å²) in [5.74, 6) is 0.862. The zero-order chi connectivity index (χ0) is 20.9. The number of hydrogen-bond donors (Lipinski definition) is 2. The molecule has 3 aromatic heterocycles. The first-order valence-electron chi connectivity index (χ1n) is 10.0. The van der Waals surface area contributed by atoms with E-state index in [0.717, 1.165) is 18.4 Å². The molecule has 1 atom stereocenters. The Balaban J connectivity index is 1.56. The zero-order valence-corrected chi connectivity index (χ0v) is 17.2. The van der Waals surface area contributed by atoms with Crippen LogP contribution in [0, 0.1) is 17.2 Å². The van der Waals surface area contributed by atoms with Crippen LogP contribution < -0.4 is 5.32 Å². The van der Waals surface area contributed by atoms with Crippen molar-refractivity contribution in [1.82, 2.24) is 29.5 Å². The number of nitrogens with one attached hydrogen (secondary N) is 1. The maximum atomic E-state index is 9.28. The minimum absolute atomic E-state index is 0.0142. The molecule has 3 aromatic rings. The molecule has 10 heteroatoms. The molecule has 4 rings (SSSR count). The van der Waals surface area contributed by atoms with Crippen LogP contribution >= 0.6 is 11.6 Å². The Morgan fingerprint density at radius 2 is 2.07 bits per heavy atom. The van der Waals surface area contributed by atoms with Gasteiger partial charge in [0.2, 0.25) is 5.95 Å². The number of anilines is 2. The fraction of sp³-hybridized carbons (Fsp3) is 0.450. The number of aliphatic hydroxyl groups is 1. The summed E-state index contributed by atoms with van der Waals surface area (Å²) in [7, 11) is 0. The Morgan fingerprint density at radius 1 is 1.23 bits per heavy atom. The summed E-state index contributed by atoms with van der Waals surface area (Å²) >= 11 is 6.37. The lowest BCUT2D eigenvalue weighted by Gasteiger charge is -2.21. The second kappa shape index (κ2) is 9.24. The van der Waals surface area contributed by atoms with E-state index in [-0.39, 0.29) is 12.6 Å². The third-order valence-corrected chi connectivity index (χ3v) is 5.70. The Labute approximate surface area is 179 Å². The van der Waals surface area contributed by atoms with E-state index in [1.807, 2.05) is 10.9 Å². The lowest BCUT2D eigenvalue weighted by atomic mass is 9.96. The smallest absolute Gasteiger partial charge is 0.227 e. The molecule has 0 aliphatic heterocycles. The Hall–Kier alpha value is -2.96. The molecule has 30 heavy (non-hydrogen) atoms. The van der Waals surface area contributed by atoms with Gasteiger partial charge in [0.15, 0.2) is 0 Å². The average molecular weight is 427 g/mol. The normalized spacial score (nSPS) is 15.2. The van der Waals surface area contributed by atoms with E-state index in [1.165, 1.54) is 12.8 Å². The van der Waals surface area contributed by atoms with Crippen LogP contribution in [-0.4, -0.2) is 41.2 Å². The highest BCUT2D eigenvalue weighted by Gasteiger charge is 2.27. The van der Waals surface area contributed by atoms with Crippen LogP contribution in [0.3, 0.4) is 0 Å². The van der Waals surface area contributed by atoms with Crippen molar-refractivity contribution in [3.63, 3.8) is 0 Å². The summed E-state index contributed by atoms with van der Waals surface area (Å²) in [6, 6.07) is 2.38. The molecule has 0 saturated heterocycles. The monoisotopic (exact) mass is 426 g/mol. The second-order valence-electron chi connectivity index (χ2n) is 7.41. The molecule has 9 nitrogen and oxygen atoms in total. The average Bonchev–Trinajstić information content (AvgIpc) is 3.50. The molecule has 1 aliphatic rings. The molecule has 0 aromatic carbocycles. The number of rotatable bonds is 8. The van der Waals surface area contributed by atoms with Crippen LogP contribution in [0.1, 0.15) is 38.1 Å². The van der Waals surface area contributed by atoms with E-state index in [0.29, 0.717) is 41.2 Å². The molecular weight excluding hydrogens is 404 g/mol. The number of aromatic nitrogens is 6. The predicted molar refractivity (Wildman–Crippen MR) is 112 cm³/mol. The minimum Gasteiger partial charge on any atom is -0.394 e. The fourth-order valence-electron chi connectivity index (χ4n) is 3.97. The summed E-state index contributed by atoms with van der Waals surface area (Å²) in [6.45, 7) is 0.429. The second-order valence-corrected chi connectivity index (χ2v) is 7.82. The van der Waals surface area contributed by atoms with Gasteiger partial charge >= 0.3 is 0 Å². The van der Waals surface area contributed by atoms with Crippen molar-refractivity contribution < 1.29 is 5.11 Å². The first-order valence-corrected chi connectivity index (χ1v) is 10.4.